The highest BCUT2D eigenvalue weighted by molar-refractivity contribution is 5.92. The highest BCUT2D eigenvalue weighted by Gasteiger charge is 2.27. The van der Waals surface area contributed by atoms with Gasteiger partial charge in [-0.05, 0) is 43.9 Å². The fourth-order valence-corrected chi connectivity index (χ4v) is 3.77. The largest absolute Gasteiger partial charge is 0.367 e. The van der Waals surface area contributed by atoms with Gasteiger partial charge < -0.3 is 16.0 Å². The number of rotatable bonds is 6. The van der Waals surface area contributed by atoms with E-state index in [1.54, 1.807) is 18.5 Å². The number of nitriles is 1. The van der Waals surface area contributed by atoms with E-state index in [9.17, 15) is 10.1 Å². The summed E-state index contributed by atoms with van der Waals surface area (Å²) in [5, 5.41) is 12.5. The zero-order valence-corrected chi connectivity index (χ0v) is 15.7. The molecule has 0 aliphatic carbocycles. The maximum Gasteiger partial charge on any atom is 0.220 e. The first-order chi connectivity index (χ1) is 13.1. The maximum atomic E-state index is 12.2. The first kappa shape index (κ1) is 19.1. The van der Waals surface area contributed by atoms with E-state index in [-0.39, 0.29) is 11.9 Å². The van der Waals surface area contributed by atoms with Crippen LogP contribution < -0.4 is 16.0 Å². The van der Waals surface area contributed by atoms with Crippen molar-refractivity contribution in [3.63, 3.8) is 0 Å². The first-order valence-electron chi connectivity index (χ1n) is 9.50. The van der Waals surface area contributed by atoms with E-state index >= 15 is 0 Å². The zero-order valence-electron chi connectivity index (χ0n) is 15.7. The molecule has 142 valence electrons. The molecule has 2 aromatic rings. The fraction of sp³-hybridized carbons (Fsp3) is 0.500. The number of carbonyl (C=O) groups is 1. The Labute approximate surface area is 159 Å². The Morgan fingerprint density at radius 3 is 2.81 bits per heavy atom. The highest BCUT2D eigenvalue weighted by Crippen LogP contribution is 2.30. The lowest BCUT2D eigenvalue weighted by Gasteiger charge is -2.38. The number of hydrogen-bond acceptors (Lipinski definition) is 6. The summed E-state index contributed by atoms with van der Waals surface area (Å²) in [4.78, 5) is 23.3. The van der Waals surface area contributed by atoms with Gasteiger partial charge in [-0.2, -0.15) is 5.26 Å². The third-order valence-corrected chi connectivity index (χ3v) is 4.95. The minimum atomic E-state index is 0.0898. The number of carbonyl (C=O) groups excluding carboxylic acids is 1. The summed E-state index contributed by atoms with van der Waals surface area (Å²) in [6.07, 6.45) is 6.43. The lowest BCUT2D eigenvalue weighted by molar-refractivity contribution is -0.122. The number of benzene rings is 1. The molecule has 1 aliphatic rings. The average Bonchev–Trinajstić information content (AvgIpc) is 2.66. The molecule has 1 aliphatic heterocycles. The van der Waals surface area contributed by atoms with E-state index < -0.39 is 0 Å². The molecule has 1 aromatic carbocycles. The molecule has 1 saturated heterocycles. The molecule has 1 aromatic heterocycles. The van der Waals surface area contributed by atoms with Gasteiger partial charge in [0.05, 0.1) is 11.3 Å². The van der Waals surface area contributed by atoms with Crippen molar-refractivity contribution in [1.29, 1.82) is 5.26 Å². The van der Waals surface area contributed by atoms with Crippen molar-refractivity contribution in [2.75, 3.05) is 24.5 Å². The van der Waals surface area contributed by atoms with Crippen LogP contribution in [0.1, 0.15) is 38.2 Å². The number of fused-ring (bicyclic) bond motifs is 1. The molecule has 3 rings (SSSR count). The van der Waals surface area contributed by atoms with Crippen LogP contribution >= 0.6 is 0 Å². The molecule has 27 heavy (non-hydrogen) atoms. The van der Waals surface area contributed by atoms with Crippen LogP contribution in [0.25, 0.3) is 11.0 Å². The monoisotopic (exact) mass is 366 g/mol. The zero-order chi connectivity index (χ0) is 19.2. The number of nitrogens with one attached hydrogen (secondary N) is 1. The Bertz CT molecular complexity index is 846. The third kappa shape index (κ3) is 4.52. The molecule has 2 unspecified atom stereocenters. The van der Waals surface area contributed by atoms with E-state index in [2.05, 4.69) is 33.2 Å². The number of aromatic nitrogens is 2. The number of anilines is 1. The normalized spacial score (nSPS) is 19.7. The van der Waals surface area contributed by atoms with Gasteiger partial charge in [0.15, 0.2) is 0 Å². The van der Waals surface area contributed by atoms with Crippen LogP contribution in [0.5, 0.6) is 0 Å². The average molecular weight is 366 g/mol. The van der Waals surface area contributed by atoms with E-state index in [1.807, 2.05) is 6.07 Å². The van der Waals surface area contributed by atoms with Crippen LogP contribution in [-0.4, -0.2) is 41.6 Å². The second-order valence-electron chi connectivity index (χ2n) is 7.25. The van der Waals surface area contributed by atoms with Crippen LogP contribution in [-0.2, 0) is 4.79 Å². The second kappa shape index (κ2) is 8.78. The van der Waals surface area contributed by atoms with E-state index in [4.69, 9.17) is 5.73 Å². The molecule has 1 amide bonds. The molecule has 0 bridgehead atoms. The molecule has 7 heteroatoms. The smallest absolute Gasteiger partial charge is 0.220 e. The van der Waals surface area contributed by atoms with Crippen molar-refractivity contribution >= 4 is 22.6 Å². The van der Waals surface area contributed by atoms with Crippen molar-refractivity contribution < 1.29 is 4.79 Å². The Morgan fingerprint density at radius 1 is 1.30 bits per heavy atom. The molecule has 2 heterocycles. The van der Waals surface area contributed by atoms with Crippen molar-refractivity contribution in [2.45, 2.75) is 38.6 Å². The van der Waals surface area contributed by atoms with Gasteiger partial charge in [-0.25, -0.2) is 0 Å². The van der Waals surface area contributed by atoms with E-state index in [0.29, 0.717) is 30.0 Å². The number of hydrogen-bond donors (Lipinski definition) is 2. The molecular formula is C20H26N6O. The fourth-order valence-electron chi connectivity index (χ4n) is 3.77. The number of nitrogens with two attached hydrogens (primary N) is 1. The van der Waals surface area contributed by atoms with Gasteiger partial charge in [-0.1, -0.05) is 6.92 Å². The van der Waals surface area contributed by atoms with Gasteiger partial charge >= 0.3 is 0 Å². The molecule has 0 saturated carbocycles. The molecule has 2 atom stereocenters. The van der Waals surface area contributed by atoms with E-state index in [1.165, 1.54) is 0 Å². The standard InChI is InChI=1S/C20H26N6O/c1-14-10-16(25-18(27)4-2-3-7-21)13-26(12-14)17-6-5-15(11-22)19-20(17)24-9-8-23-19/h5-6,8-9,14,16H,2-4,7,10,12-13,21H2,1H3,(H,25,27). The van der Waals surface area contributed by atoms with Crippen LogP contribution in [0.4, 0.5) is 5.69 Å². The Kier molecular flexibility index (Phi) is 6.20. The molecule has 3 N–H and O–H groups in total. The van der Waals surface area contributed by atoms with Crippen LogP contribution in [0.2, 0.25) is 0 Å². The predicted molar refractivity (Wildman–Crippen MR) is 105 cm³/mol. The Morgan fingerprint density at radius 2 is 2.07 bits per heavy atom. The summed E-state index contributed by atoms with van der Waals surface area (Å²) in [6.45, 7) is 4.42. The topological polar surface area (TPSA) is 108 Å². The van der Waals surface area contributed by atoms with Crippen molar-refractivity contribution in [3.05, 3.63) is 30.1 Å². The summed E-state index contributed by atoms with van der Waals surface area (Å²) in [6, 6.07) is 6.02. The first-order valence-corrected chi connectivity index (χ1v) is 9.50. The van der Waals surface area contributed by atoms with Crippen molar-refractivity contribution in [3.8, 4) is 6.07 Å². The quantitative estimate of drug-likeness (QED) is 0.757. The summed E-state index contributed by atoms with van der Waals surface area (Å²) >= 11 is 0. The predicted octanol–water partition coefficient (Wildman–Crippen LogP) is 1.96. The SMILES string of the molecule is CC1CC(NC(=O)CCCCN)CN(c2ccc(C#N)c3nccnc23)C1. The molecule has 0 radical (unpaired) electrons. The van der Waals surface area contributed by atoms with E-state index in [0.717, 1.165) is 43.6 Å². The van der Waals surface area contributed by atoms with Gasteiger partial charge in [0.25, 0.3) is 0 Å². The number of nitrogens with zero attached hydrogens (tertiary/aromatic N) is 4. The highest BCUT2D eigenvalue weighted by atomic mass is 16.1. The minimum absolute atomic E-state index is 0.0898. The molecular weight excluding hydrogens is 340 g/mol. The Balaban J connectivity index is 1.78. The van der Waals surface area contributed by atoms with Gasteiger partial charge in [0, 0.05) is 37.9 Å². The lowest BCUT2D eigenvalue weighted by Crippen LogP contribution is -2.50. The van der Waals surface area contributed by atoms with Gasteiger partial charge in [-0.3, -0.25) is 14.8 Å². The number of unbranched alkanes of at least 4 members (excludes halogenated alkanes) is 1. The van der Waals surface area contributed by atoms with Crippen molar-refractivity contribution in [2.24, 2.45) is 11.7 Å². The van der Waals surface area contributed by atoms with Gasteiger partial charge in [0.1, 0.15) is 17.1 Å². The molecule has 7 nitrogen and oxygen atoms in total. The second-order valence-corrected chi connectivity index (χ2v) is 7.25. The number of amides is 1. The summed E-state index contributed by atoms with van der Waals surface area (Å²) in [5.41, 5.74) is 8.34. The lowest BCUT2D eigenvalue weighted by atomic mass is 9.94. The van der Waals surface area contributed by atoms with Crippen LogP contribution in [0, 0.1) is 17.2 Å². The number of piperidine rings is 1. The van der Waals surface area contributed by atoms with Crippen LogP contribution in [0.15, 0.2) is 24.5 Å². The van der Waals surface area contributed by atoms with Crippen molar-refractivity contribution in [1.82, 2.24) is 15.3 Å². The summed E-state index contributed by atoms with van der Waals surface area (Å²) < 4.78 is 0. The Hall–Kier alpha value is -2.72. The molecule has 0 spiro atoms. The minimum Gasteiger partial charge on any atom is -0.367 e. The summed E-state index contributed by atoms with van der Waals surface area (Å²) in [5.74, 6) is 0.530. The van der Waals surface area contributed by atoms with Gasteiger partial charge in [-0.15, -0.1) is 0 Å². The molecule has 1 fully saturated rings. The third-order valence-electron chi connectivity index (χ3n) is 4.95. The summed E-state index contributed by atoms with van der Waals surface area (Å²) in [7, 11) is 0. The van der Waals surface area contributed by atoms with Gasteiger partial charge in [0.2, 0.25) is 5.91 Å². The van der Waals surface area contributed by atoms with Crippen LogP contribution in [0.3, 0.4) is 0 Å². The maximum absolute atomic E-state index is 12.2.